The maximum absolute atomic E-state index is 13.2. The number of cyclic esters (lactones) is 1. The number of hydrogen-bond donors (Lipinski definition) is 5. The maximum atomic E-state index is 13.2. The number of ether oxygens (including phenoxy) is 3. The predicted molar refractivity (Wildman–Crippen MR) is 156 cm³/mol. The first-order chi connectivity index (χ1) is 18.8. The average molecular weight is 590 g/mol. The van der Waals surface area contributed by atoms with Crippen LogP contribution in [0.25, 0.3) is 0 Å². The molecular weight excluding hydrogens is 530 g/mol. The molecule has 10 heteroatoms. The Balaban J connectivity index is 2.50. The van der Waals surface area contributed by atoms with Crippen molar-refractivity contribution in [2.24, 2.45) is 23.7 Å². The van der Waals surface area contributed by atoms with E-state index in [1.807, 2.05) is 6.92 Å². The minimum atomic E-state index is -1.85. The molecule has 2 saturated heterocycles. The van der Waals surface area contributed by atoms with Crippen LogP contribution in [0.4, 0.5) is 0 Å². The van der Waals surface area contributed by atoms with Crippen LogP contribution in [0.5, 0.6) is 0 Å². The molecule has 0 bridgehead atoms. The molecule has 2 rings (SSSR count). The molecule has 0 radical (unpaired) electrons. The fourth-order valence-corrected chi connectivity index (χ4v) is 6.87. The van der Waals surface area contributed by atoms with Crippen molar-refractivity contribution in [1.82, 2.24) is 4.90 Å². The van der Waals surface area contributed by atoms with Gasteiger partial charge in [0.2, 0.25) is 0 Å². The third-order valence-electron chi connectivity index (χ3n) is 9.89. The Morgan fingerprint density at radius 3 is 2.12 bits per heavy atom. The largest absolute Gasteiger partial charge is 0.459 e. The number of esters is 1. The third-order valence-corrected chi connectivity index (χ3v) is 9.89. The van der Waals surface area contributed by atoms with Crippen molar-refractivity contribution >= 4 is 5.97 Å². The van der Waals surface area contributed by atoms with Crippen LogP contribution in [-0.4, -0.2) is 110 Å². The van der Waals surface area contributed by atoms with Gasteiger partial charge in [-0.15, -0.1) is 0 Å². The molecule has 0 spiro atoms. The summed E-state index contributed by atoms with van der Waals surface area (Å²) >= 11 is 0. The summed E-state index contributed by atoms with van der Waals surface area (Å²) in [6.45, 7) is 17.6. The van der Waals surface area contributed by atoms with E-state index in [4.69, 9.17) is 14.2 Å². The zero-order chi connectivity index (χ0) is 31.6. The van der Waals surface area contributed by atoms with Crippen LogP contribution in [0.1, 0.15) is 94.9 Å². The normalized spacial score (nSPS) is 47.7. The summed E-state index contributed by atoms with van der Waals surface area (Å²) < 4.78 is 18.4. The molecule has 5 N–H and O–H groups in total. The molecule has 0 aromatic heterocycles. The average Bonchev–Trinajstić information content (AvgIpc) is 2.89. The second-order valence-electron chi connectivity index (χ2n) is 13.8. The van der Waals surface area contributed by atoms with E-state index in [2.05, 4.69) is 25.8 Å². The zero-order valence-corrected chi connectivity index (χ0v) is 27.2. The van der Waals surface area contributed by atoms with Crippen LogP contribution in [0, 0.1) is 23.7 Å². The Morgan fingerprint density at radius 2 is 1.59 bits per heavy atom. The Bertz CT molecular complexity index is 836. The topological polar surface area (TPSA) is 149 Å². The van der Waals surface area contributed by atoms with Crippen LogP contribution in [-0.2, 0) is 19.0 Å². The maximum Gasteiger partial charge on any atom is 0.311 e. The van der Waals surface area contributed by atoms with Crippen LogP contribution in [0.15, 0.2) is 0 Å². The van der Waals surface area contributed by atoms with Crippen LogP contribution in [0.2, 0.25) is 0 Å². The first-order valence-corrected chi connectivity index (χ1v) is 15.5. The van der Waals surface area contributed by atoms with E-state index in [1.54, 1.807) is 41.5 Å². The first-order valence-electron chi connectivity index (χ1n) is 15.5. The van der Waals surface area contributed by atoms with Gasteiger partial charge < -0.3 is 44.6 Å². The first kappa shape index (κ1) is 36.3. The minimum absolute atomic E-state index is 0.0722. The molecular formula is C31H59NO9. The molecule has 2 aliphatic rings. The van der Waals surface area contributed by atoms with Gasteiger partial charge in [-0.05, 0) is 73.8 Å². The van der Waals surface area contributed by atoms with Gasteiger partial charge in [-0.3, -0.25) is 4.79 Å². The minimum Gasteiger partial charge on any atom is -0.459 e. The summed E-state index contributed by atoms with van der Waals surface area (Å²) in [6.07, 6.45) is -4.86. The molecule has 0 aromatic rings. The van der Waals surface area contributed by atoms with Gasteiger partial charge in [-0.2, -0.15) is 0 Å². The number of carbonyl (C=O) groups excluding carboxylic acids is 1. The van der Waals surface area contributed by atoms with Gasteiger partial charge in [-0.1, -0.05) is 27.7 Å². The Morgan fingerprint density at radius 1 is 1.00 bits per heavy atom. The Hall–Kier alpha value is -0.850. The molecule has 2 aliphatic heterocycles. The quantitative estimate of drug-likeness (QED) is 0.303. The number of carbonyl (C=O) groups is 1. The van der Waals surface area contributed by atoms with Crippen LogP contribution >= 0.6 is 0 Å². The highest BCUT2D eigenvalue weighted by atomic mass is 16.7. The van der Waals surface area contributed by atoms with Crippen molar-refractivity contribution in [2.45, 2.75) is 161 Å². The molecule has 3 unspecified atom stereocenters. The standard InChI is InChI=1S/C31H59NO9/c1-12-23-31(10,38)27(35)19(6)25(33)17(4)15-30(9,37)28(20(7)26(34)21(8)29(36)40-23)41-24-14-22(13-18(5)39-24)32(11)16(2)3/h16-28,33-35,37-38H,12-15H2,1-11H3/t17-,18?,19+,20+,21-,22?,23-,24?,25+,26+,27-,28-,30+,31-/m1/s1. The van der Waals surface area contributed by atoms with Crippen LogP contribution in [0.3, 0.4) is 0 Å². The van der Waals surface area contributed by atoms with Crippen molar-refractivity contribution in [3.63, 3.8) is 0 Å². The SMILES string of the molecule is CC[C@H]1OC(=O)[C@H](C)[C@@H](O)[C@H](C)[C@@H](OC2CC(N(C)C(C)C)CC(C)O2)[C@@](C)(O)C[C@@H](C)[C@H](O)[C@H](C)[C@@H](O)[C@]1(C)O. The fraction of sp³-hybridized carbons (Fsp3) is 0.968. The number of aliphatic hydroxyl groups excluding tert-OH is 3. The molecule has 242 valence electrons. The number of rotatable bonds is 5. The van der Waals surface area contributed by atoms with E-state index in [1.165, 1.54) is 6.92 Å². The summed E-state index contributed by atoms with van der Waals surface area (Å²) in [6, 6.07) is 0.520. The van der Waals surface area contributed by atoms with Crippen molar-refractivity contribution in [3.8, 4) is 0 Å². The monoisotopic (exact) mass is 589 g/mol. The van der Waals surface area contributed by atoms with E-state index in [0.717, 1.165) is 6.42 Å². The summed E-state index contributed by atoms with van der Waals surface area (Å²) in [5.41, 5.74) is -3.41. The van der Waals surface area contributed by atoms with Gasteiger partial charge in [-0.25, -0.2) is 0 Å². The van der Waals surface area contributed by atoms with Crippen molar-refractivity contribution in [3.05, 3.63) is 0 Å². The molecule has 10 nitrogen and oxygen atoms in total. The highest BCUT2D eigenvalue weighted by Gasteiger charge is 2.50. The number of aliphatic hydroxyl groups is 5. The predicted octanol–water partition coefficient (Wildman–Crippen LogP) is 2.46. The highest BCUT2D eigenvalue weighted by molar-refractivity contribution is 5.73. The summed E-state index contributed by atoms with van der Waals surface area (Å²) in [5.74, 6) is -3.80. The van der Waals surface area contributed by atoms with Crippen molar-refractivity contribution in [1.29, 1.82) is 0 Å². The van der Waals surface area contributed by atoms with Gasteiger partial charge in [0.15, 0.2) is 6.29 Å². The molecule has 0 saturated carbocycles. The molecule has 0 amide bonds. The molecule has 41 heavy (non-hydrogen) atoms. The zero-order valence-electron chi connectivity index (χ0n) is 27.2. The third kappa shape index (κ3) is 8.41. The second kappa shape index (κ2) is 14.3. The van der Waals surface area contributed by atoms with Gasteiger partial charge in [0.05, 0.1) is 42.0 Å². The summed E-state index contributed by atoms with van der Waals surface area (Å²) in [4.78, 5) is 15.5. The highest BCUT2D eigenvalue weighted by Crippen LogP contribution is 2.38. The molecule has 2 heterocycles. The van der Waals surface area contributed by atoms with E-state index in [9.17, 15) is 30.3 Å². The molecule has 0 aromatic carbocycles. The van der Waals surface area contributed by atoms with E-state index in [-0.39, 0.29) is 25.0 Å². The van der Waals surface area contributed by atoms with E-state index < -0.39 is 77.7 Å². The van der Waals surface area contributed by atoms with Crippen molar-refractivity contribution < 1.29 is 44.5 Å². The molecule has 2 fully saturated rings. The second-order valence-corrected chi connectivity index (χ2v) is 13.8. The number of hydrogen-bond acceptors (Lipinski definition) is 10. The smallest absolute Gasteiger partial charge is 0.311 e. The Labute approximate surface area is 247 Å². The van der Waals surface area contributed by atoms with E-state index >= 15 is 0 Å². The van der Waals surface area contributed by atoms with Gasteiger partial charge in [0.25, 0.3) is 0 Å². The van der Waals surface area contributed by atoms with Crippen molar-refractivity contribution in [2.75, 3.05) is 7.05 Å². The lowest BCUT2D eigenvalue weighted by molar-refractivity contribution is -0.270. The van der Waals surface area contributed by atoms with E-state index in [0.29, 0.717) is 12.5 Å². The van der Waals surface area contributed by atoms with Crippen LogP contribution < -0.4 is 0 Å². The summed E-state index contributed by atoms with van der Waals surface area (Å²) in [5, 5.41) is 57.0. The lowest BCUT2D eigenvalue weighted by Gasteiger charge is -2.47. The fourth-order valence-electron chi connectivity index (χ4n) is 6.87. The molecule has 0 aliphatic carbocycles. The Kier molecular flexibility index (Phi) is 12.7. The lowest BCUT2D eigenvalue weighted by atomic mass is 9.73. The lowest BCUT2D eigenvalue weighted by Crippen LogP contribution is -2.58. The summed E-state index contributed by atoms with van der Waals surface area (Å²) in [7, 11) is 2.07. The molecule has 14 atom stereocenters. The van der Waals surface area contributed by atoms with Gasteiger partial charge in [0, 0.05) is 30.3 Å². The van der Waals surface area contributed by atoms with Gasteiger partial charge >= 0.3 is 5.97 Å². The van der Waals surface area contributed by atoms with Gasteiger partial charge in [0.1, 0.15) is 11.7 Å². The number of nitrogens with zero attached hydrogens (tertiary/aromatic N) is 1.